The van der Waals surface area contributed by atoms with Crippen molar-refractivity contribution in [2.24, 2.45) is 28.8 Å². The number of nitrogens with zero attached hydrogens (tertiary/aromatic N) is 3. The molecule has 2 heterocycles. The second kappa shape index (κ2) is 17.8. The fourth-order valence-corrected chi connectivity index (χ4v) is 5.72. The smallest absolute Gasteiger partial charge is 0.300 e. The average molecular weight is 624 g/mol. The molecule has 43 heavy (non-hydrogen) atoms. The van der Waals surface area contributed by atoms with E-state index in [-0.39, 0.29) is 0 Å². The molecule has 0 amide bonds. The van der Waals surface area contributed by atoms with E-state index in [0.717, 1.165) is 30.7 Å². The van der Waals surface area contributed by atoms with Crippen LogP contribution in [0.25, 0.3) is 0 Å². The number of pyridine rings is 2. The Morgan fingerprint density at radius 2 is 1.40 bits per heavy atom. The van der Waals surface area contributed by atoms with E-state index >= 15 is 0 Å². The number of allylic oxidation sites excluding steroid dienone is 2. The third kappa shape index (κ3) is 12.0. The molecule has 6 rings (SSSR count). The number of aromatic nitrogens is 2. The Morgan fingerprint density at radius 3 is 1.77 bits per heavy atom. The lowest BCUT2D eigenvalue weighted by Crippen LogP contribution is -2.70. The van der Waals surface area contributed by atoms with Crippen molar-refractivity contribution < 1.29 is 20.5 Å². The van der Waals surface area contributed by atoms with Gasteiger partial charge in [0.2, 0.25) is 5.11 Å². The first-order valence-corrected chi connectivity index (χ1v) is 14.9. The molecular weight excluding hydrogens is 585 g/mol. The van der Waals surface area contributed by atoms with Crippen LogP contribution in [0, 0.1) is 23.7 Å². The highest BCUT2D eigenvalue weighted by Crippen LogP contribution is 2.39. The van der Waals surface area contributed by atoms with Gasteiger partial charge in [-0.3, -0.25) is 30.8 Å². The summed E-state index contributed by atoms with van der Waals surface area (Å²) < 4.78 is 0. The first kappa shape index (κ1) is 33.4. The van der Waals surface area contributed by atoms with Crippen molar-refractivity contribution in [3.05, 3.63) is 84.5 Å². The normalized spacial score (nSPS) is 24.8. The number of fused-ring (bicyclic) bond motifs is 4. The Kier molecular flexibility index (Phi) is 13.8. The maximum atomic E-state index is 9.94. The highest BCUT2D eigenvalue weighted by atomic mass is 32.1. The topological polar surface area (TPSA) is 168 Å². The number of carbonyl (C=O) groups is 2. The molecule has 11 nitrogen and oxygen atoms in total. The number of aldehydes is 1. The van der Waals surface area contributed by atoms with Crippen molar-refractivity contribution in [1.82, 2.24) is 31.5 Å². The van der Waals surface area contributed by atoms with Gasteiger partial charge in [0.25, 0.3) is 5.97 Å². The summed E-state index contributed by atoms with van der Waals surface area (Å²) in [6.45, 7) is 1.08. The van der Waals surface area contributed by atoms with Gasteiger partial charge >= 0.3 is 0 Å². The molecule has 2 aromatic rings. The van der Waals surface area contributed by atoms with Gasteiger partial charge in [0.1, 0.15) is 5.69 Å². The molecule has 2 aromatic heterocycles. The lowest BCUT2D eigenvalue weighted by molar-refractivity contribution is -0.419. The van der Waals surface area contributed by atoms with Crippen LogP contribution < -0.4 is 27.3 Å². The van der Waals surface area contributed by atoms with Crippen LogP contribution >= 0.6 is 24.4 Å². The third-order valence-electron chi connectivity index (χ3n) is 7.21. The van der Waals surface area contributed by atoms with E-state index in [1.807, 2.05) is 18.2 Å². The van der Waals surface area contributed by atoms with E-state index in [4.69, 9.17) is 34.3 Å². The Morgan fingerprint density at radius 1 is 0.884 bits per heavy atom. The number of nitrogens with one attached hydrogen (secondary N) is 4. The zero-order chi connectivity index (χ0) is 31.0. The zero-order valence-electron chi connectivity index (χ0n) is 24.0. The minimum absolute atomic E-state index is 0.458. The lowest BCUT2D eigenvalue weighted by Gasteiger charge is -2.20. The van der Waals surface area contributed by atoms with Crippen molar-refractivity contribution in [3.8, 4) is 0 Å². The minimum Gasteiger partial charge on any atom is -0.481 e. The van der Waals surface area contributed by atoms with E-state index in [1.54, 1.807) is 36.8 Å². The summed E-state index contributed by atoms with van der Waals surface area (Å²) in [4.78, 5) is 26.8. The summed E-state index contributed by atoms with van der Waals surface area (Å²) in [5.41, 5.74) is 6.83. The number of carboxylic acid groups (broad SMARTS) is 1. The summed E-state index contributed by atoms with van der Waals surface area (Å²) >= 11 is 10.2. The molecule has 4 bridgehead atoms. The molecule has 2 fully saturated rings. The standard InChI is InChI=1S/C14H16N4S.C8H13N3S.C6H5NO.C2H4O2/c19-14(17-13-8-10-4-5-11(13)7-10)18-16-9-12-3-1-2-6-15-12;9-11-8(12)10-7-4-5-1-2-6(7)3-5;8-5-6-3-1-2-4-7-6;1-2(3)4/h1-6,9-11,13H,7-8H2,(H2,17,18,19);1-2,5-7H,3-4,9H2,(H2,10,11,12);1-5H;1H3,(H,3,4)/p+1/b16-9+;;;. The molecule has 6 unspecified atom stereocenters. The summed E-state index contributed by atoms with van der Waals surface area (Å²) in [7, 11) is 0. The van der Waals surface area contributed by atoms with Gasteiger partial charge in [-0.05, 0) is 98.1 Å². The Bertz CT molecular complexity index is 1290. The number of hydrogen-bond acceptors (Lipinski definition) is 7. The van der Waals surface area contributed by atoms with Crippen LogP contribution in [0.2, 0.25) is 0 Å². The van der Waals surface area contributed by atoms with Crippen LogP contribution in [0.3, 0.4) is 0 Å². The van der Waals surface area contributed by atoms with Crippen LogP contribution in [0.15, 0.2) is 78.2 Å². The van der Waals surface area contributed by atoms with Crippen molar-refractivity contribution in [2.75, 3.05) is 0 Å². The molecular formula is C30H39N8O3S2+. The third-order valence-corrected chi connectivity index (χ3v) is 7.68. The van der Waals surface area contributed by atoms with Gasteiger partial charge in [0.15, 0.2) is 11.4 Å². The highest BCUT2D eigenvalue weighted by molar-refractivity contribution is 7.80. The van der Waals surface area contributed by atoms with Gasteiger partial charge in [0.05, 0.1) is 11.9 Å². The largest absolute Gasteiger partial charge is 0.481 e. The van der Waals surface area contributed by atoms with Gasteiger partial charge in [0, 0.05) is 31.4 Å². The van der Waals surface area contributed by atoms with Gasteiger partial charge in [-0.25, -0.2) is 5.43 Å². The quantitative estimate of drug-likeness (QED) is 0.0951. The van der Waals surface area contributed by atoms with E-state index in [1.165, 1.54) is 25.7 Å². The second-order valence-corrected chi connectivity index (χ2v) is 11.2. The monoisotopic (exact) mass is 623 g/mol. The molecule has 0 radical (unpaired) electrons. The maximum absolute atomic E-state index is 9.94. The number of rotatable bonds is 5. The van der Waals surface area contributed by atoms with Crippen LogP contribution in [-0.2, 0) is 4.79 Å². The molecule has 4 aliphatic carbocycles. The summed E-state index contributed by atoms with van der Waals surface area (Å²) in [5.74, 6) is 5.54. The van der Waals surface area contributed by atoms with Crippen LogP contribution in [-0.4, -0.2) is 55.9 Å². The Labute approximate surface area is 262 Å². The molecule has 0 aliphatic heterocycles. The molecule has 4 aliphatic rings. The fraction of sp³-hybridized carbons (Fsp3) is 0.367. The molecule has 6 atom stereocenters. The van der Waals surface area contributed by atoms with Gasteiger partial charge < -0.3 is 15.7 Å². The van der Waals surface area contributed by atoms with E-state index in [0.29, 0.717) is 39.8 Å². The number of hydrazone groups is 1. The average Bonchev–Trinajstić information content (AvgIpc) is 3.82. The molecule has 2 saturated carbocycles. The predicted molar refractivity (Wildman–Crippen MR) is 174 cm³/mol. The SMILES string of the molecule is CC(=O)O.O=Cc1ccccn1.S=C(N/N=C/c1ccccn1)NC1CC2C=CC1C2.[NH3+]NC(=S)NC1CC2C=CC1C2. The predicted octanol–water partition coefficient (Wildman–Crippen LogP) is 2.40. The first-order chi connectivity index (χ1) is 20.8. The summed E-state index contributed by atoms with van der Waals surface area (Å²) in [6.07, 6.45) is 19.9. The number of thiocarbonyl (C=S) groups is 2. The maximum Gasteiger partial charge on any atom is 0.300 e. The number of carboxylic acids is 1. The Hall–Kier alpha value is -4.07. The van der Waals surface area contributed by atoms with Crippen molar-refractivity contribution >= 4 is 53.1 Å². The number of hydrogen-bond donors (Lipinski definition) is 6. The van der Waals surface area contributed by atoms with Gasteiger partial charge in [-0.15, -0.1) is 0 Å². The molecule has 228 valence electrons. The van der Waals surface area contributed by atoms with Crippen LogP contribution in [0.5, 0.6) is 0 Å². The van der Waals surface area contributed by atoms with E-state index in [9.17, 15) is 4.79 Å². The molecule has 0 saturated heterocycles. The summed E-state index contributed by atoms with van der Waals surface area (Å²) in [5, 5.41) is 19.4. The first-order valence-electron chi connectivity index (χ1n) is 14.0. The summed E-state index contributed by atoms with van der Waals surface area (Å²) in [6, 6.07) is 11.9. The van der Waals surface area contributed by atoms with Crippen LogP contribution in [0.1, 0.15) is 48.8 Å². The van der Waals surface area contributed by atoms with Gasteiger partial charge in [-0.2, -0.15) is 5.10 Å². The minimum atomic E-state index is -0.833. The molecule has 0 spiro atoms. The van der Waals surface area contributed by atoms with Crippen molar-refractivity contribution in [2.45, 2.75) is 44.7 Å². The molecule has 8 N–H and O–H groups in total. The van der Waals surface area contributed by atoms with Crippen molar-refractivity contribution in [1.29, 1.82) is 0 Å². The number of aliphatic carboxylic acids is 1. The lowest BCUT2D eigenvalue weighted by atomic mass is 10.0. The van der Waals surface area contributed by atoms with Gasteiger partial charge in [-0.1, -0.05) is 36.4 Å². The van der Waals surface area contributed by atoms with Crippen molar-refractivity contribution in [3.63, 3.8) is 0 Å². The van der Waals surface area contributed by atoms with Crippen LogP contribution in [0.4, 0.5) is 0 Å². The second-order valence-electron chi connectivity index (χ2n) is 10.4. The zero-order valence-corrected chi connectivity index (χ0v) is 25.6. The number of carbonyl (C=O) groups excluding carboxylic acids is 1. The number of quaternary nitrogens is 1. The van der Waals surface area contributed by atoms with E-state index in [2.05, 4.69) is 66.7 Å². The Balaban J connectivity index is 0.000000180. The molecule has 13 heteroatoms. The van der Waals surface area contributed by atoms with E-state index < -0.39 is 5.97 Å². The highest BCUT2D eigenvalue weighted by Gasteiger charge is 2.36. The fourth-order valence-electron chi connectivity index (χ4n) is 5.37. The molecule has 0 aromatic carbocycles.